The van der Waals surface area contributed by atoms with Crippen LogP contribution >= 0.6 is 43.2 Å². The van der Waals surface area contributed by atoms with Gasteiger partial charge in [-0.15, -0.1) is 11.3 Å². The number of thiophene rings is 1. The second-order valence-electron chi connectivity index (χ2n) is 4.55. The van der Waals surface area contributed by atoms with Crippen LogP contribution in [0.5, 0.6) is 0 Å². The number of nitrogens with zero attached hydrogens (tertiary/aromatic N) is 1. The summed E-state index contributed by atoms with van der Waals surface area (Å²) in [6, 6.07) is 9.21. The van der Waals surface area contributed by atoms with Crippen molar-refractivity contribution in [2.24, 2.45) is 0 Å². The summed E-state index contributed by atoms with van der Waals surface area (Å²) in [5.74, 6) is 0. The molecule has 114 valence electrons. The molecule has 1 aromatic carbocycles. The molecule has 0 aliphatic rings. The van der Waals surface area contributed by atoms with E-state index in [0.717, 1.165) is 18.7 Å². The number of hydrogen-bond acceptors (Lipinski definition) is 3. The van der Waals surface area contributed by atoms with Crippen LogP contribution in [0.4, 0.5) is 0 Å². The number of benzene rings is 1. The van der Waals surface area contributed by atoms with Crippen molar-refractivity contribution in [3.8, 4) is 0 Å². The van der Waals surface area contributed by atoms with E-state index >= 15 is 0 Å². The molecule has 2 aromatic rings. The molecule has 0 aliphatic heterocycles. The summed E-state index contributed by atoms with van der Waals surface area (Å²) in [6.07, 6.45) is 0. The Bertz CT molecular complexity index is 741. The van der Waals surface area contributed by atoms with E-state index in [1.54, 1.807) is 17.4 Å². The molecule has 3 nitrogen and oxygen atoms in total. The third-order valence-corrected chi connectivity index (χ3v) is 7.25. The highest BCUT2D eigenvalue weighted by Gasteiger charge is 2.25. The van der Waals surface area contributed by atoms with Gasteiger partial charge in [0, 0.05) is 22.4 Å². The van der Waals surface area contributed by atoms with Crippen molar-refractivity contribution in [3.05, 3.63) is 49.0 Å². The Kier molecular flexibility index (Phi) is 5.65. The van der Waals surface area contributed by atoms with Gasteiger partial charge in [0.25, 0.3) is 0 Å². The minimum atomic E-state index is -3.50. The van der Waals surface area contributed by atoms with Crippen LogP contribution in [0, 0.1) is 6.92 Å². The molecule has 7 heteroatoms. The van der Waals surface area contributed by atoms with Crippen LogP contribution in [-0.2, 0) is 16.6 Å². The number of rotatable bonds is 5. The molecule has 0 radical (unpaired) electrons. The molecule has 21 heavy (non-hydrogen) atoms. The van der Waals surface area contributed by atoms with E-state index in [9.17, 15) is 8.42 Å². The fourth-order valence-electron chi connectivity index (χ4n) is 1.97. The molecule has 0 bridgehead atoms. The Morgan fingerprint density at radius 3 is 2.48 bits per heavy atom. The van der Waals surface area contributed by atoms with Crippen molar-refractivity contribution in [1.29, 1.82) is 0 Å². The molecule has 0 fully saturated rings. The smallest absolute Gasteiger partial charge is 0.207 e. The zero-order valence-corrected chi connectivity index (χ0v) is 16.4. The zero-order valence-electron chi connectivity index (χ0n) is 11.6. The topological polar surface area (TPSA) is 37.4 Å². The lowest BCUT2D eigenvalue weighted by atomic mass is 10.2. The van der Waals surface area contributed by atoms with E-state index in [1.165, 1.54) is 4.31 Å². The van der Waals surface area contributed by atoms with Gasteiger partial charge in [0.05, 0.1) is 8.68 Å². The summed E-state index contributed by atoms with van der Waals surface area (Å²) >= 11 is 8.30. The van der Waals surface area contributed by atoms with Gasteiger partial charge in [-0.25, -0.2) is 8.42 Å². The molecule has 0 spiro atoms. The fourth-order valence-corrected chi connectivity index (χ4v) is 5.74. The molecule has 0 aliphatic carbocycles. The van der Waals surface area contributed by atoms with Crippen molar-refractivity contribution in [1.82, 2.24) is 4.31 Å². The maximum atomic E-state index is 12.8. The predicted octanol–water partition coefficient (Wildman–Crippen LogP) is 4.79. The van der Waals surface area contributed by atoms with E-state index in [4.69, 9.17) is 0 Å². The van der Waals surface area contributed by atoms with E-state index in [2.05, 4.69) is 31.9 Å². The average molecular weight is 453 g/mol. The first-order valence-electron chi connectivity index (χ1n) is 6.35. The lowest BCUT2D eigenvalue weighted by Gasteiger charge is -2.21. The van der Waals surface area contributed by atoms with Crippen LogP contribution in [0.25, 0.3) is 0 Å². The quantitative estimate of drug-likeness (QED) is 0.653. The van der Waals surface area contributed by atoms with E-state index in [1.807, 2.05) is 38.1 Å². The Labute approximate surface area is 146 Å². The summed E-state index contributed by atoms with van der Waals surface area (Å²) in [5, 5.41) is 0. The van der Waals surface area contributed by atoms with Crippen LogP contribution in [0.1, 0.15) is 17.4 Å². The highest BCUT2D eigenvalue weighted by molar-refractivity contribution is 9.11. The maximum absolute atomic E-state index is 12.8. The minimum absolute atomic E-state index is 0.356. The first-order valence-corrected chi connectivity index (χ1v) is 10.2. The van der Waals surface area contributed by atoms with Gasteiger partial charge in [-0.05, 0) is 52.7 Å². The summed E-state index contributed by atoms with van der Waals surface area (Å²) in [4.78, 5) is 1.37. The summed E-state index contributed by atoms with van der Waals surface area (Å²) in [6.45, 7) is 4.49. The Morgan fingerprint density at radius 1 is 1.19 bits per heavy atom. The predicted molar refractivity (Wildman–Crippen MR) is 94.2 cm³/mol. The third kappa shape index (κ3) is 3.96. The SMILES string of the molecule is CCN(Cc1ccc(Br)s1)S(=O)(=O)c1cc(Br)ccc1C. The third-order valence-electron chi connectivity index (χ3n) is 3.08. The molecule has 1 heterocycles. The van der Waals surface area contributed by atoms with Gasteiger partial charge in [-0.1, -0.05) is 28.9 Å². The average Bonchev–Trinajstić information content (AvgIpc) is 2.84. The fraction of sp³-hybridized carbons (Fsp3) is 0.286. The molecule has 2 rings (SSSR count). The van der Waals surface area contributed by atoms with Gasteiger partial charge in [0.1, 0.15) is 0 Å². The molecule has 0 unspecified atom stereocenters. The second-order valence-corrected chi connectivity index (χ2v) is 9.92. The van der Waals surface area contributed by atoms with E-state index in [-0.39, 0.29) is 0 Å². The van der Waals surface area contributed by atoms with Crippen LogP contribution in [0.3, 0.4) is 0 Å². The Balaban J connectivity index is 2.37. The van der Waals surface area contributed by atoms with Crippen LogP contribution < -0.4 is 0 Å². The van der Waals surface area contributed by atoms with Gasteiger partial charge >= 0.3 is 0 Å². The standard InChI is InChI=1S/C14H15Br2NO2S2/c1-3-17(9-12-6-7-14(16)20-12)21(18,19)13-8-11(15)5-4-10(13)2/h4-8H,3,9H2,1-2H3. The van der Waals surface area contributed by atoms with Gasteiger partial charge in [-0.3, -0.25) is 0 Å². The highest BCUT2D eigenvalue weighted by atomic mass is 79.9. The lowest BCUT2D eigenvalue weighted by Crippen LogP contribution is -2.30. The monoisotopic (exact) mass is 451 g/mol. The Hall–Kier alpha value is -0.210. The van der Waals surface area contributed by atoms with Crippen LogP contribution in [-0.4, -0.2) is 19.3 Å². The van der Waals surface area contributed by atoms with Crippen LogP contribution in [0.2, 0.25) is 0 Å². The summed E-state index contributed by atoms with van der Waals surface area (Å²) in [7, 11) is -3.50. The molecular formula is C14H15Br2NO2S2. The zero-order chi connectivity index (χ0) is 15.6. The molecule has 1 aromatic heterocycles. The normalized spacial score (nSPS) is 12.0. The molecule has 0 saturated carbocycles. The minimum Gasteiger partial charge on any atom is -0.207 e. The first-order chi connectivity index (χ1) is 9.84. The van der Waals surface area contributed by atoms with Gasteiger partial charge in [0.2, 0.25) is 10.0 Å². The molecular weight excluding hydrogens is 438 g/mol. The van der Waals surface area contributed by atoms with E-state index < -0.39 is 10.0 Å². The summed E-state index contributed by atoms with van der Waals surface area (Å²) < 4.78 is 29.0. The van der Waals surface area contributed by atoms with Crippen molar-refractivity contribution in [2.45, 2.75) is 25.3 Å². The number of aryl methyl sites for hydroxylation is 1. The lowest BCUT2D eigenvalue weighted by molar-refractivity contribution is 0.426. The summed E-state index contributed by atoms with van der Waals surface area (Å²) in [5.41, 5.74) is 0.754. The largest absolute Gasteiger partial charge is 0.243 e. The highest BCUT2D eigenvalue weighted by Crippen LogP contribution is 2.28. The van der Waals surface area contributed by atoms with Crippen molar-refractivity contribution in [3.63, 3.8) is 0 Å². The van der Waals surface area contributed by atoms with Crippen molar-refractivity contribution < 1.29 is 8.42 Å². The maximum Gasteiger partial charge on any atom is 0.243 e. The van der Waals surface area contributed by atoms with Crippen molar-refractivity contribution in [2.75, 3.05) is 6.54 Å². The molecule has 0 N–H and O–H groups in total. The molecule has 0 saturated heterocycles. The van der Waals surface area contributed by atoms with Gasteiger partial charge < -0.3 is 0 Å². The molecule has 0 amide bonds. The van der Waals surface area contributed by atoms with Gasteiger partial charge in [0.15, 0.2) is 0 Å². The number of halogens is 2. The van der Waals surface area contributed by atoms with Gasteiger partial charge in [-0.2, -0.15) is 4.31 Å². The van der Waals surface area contributed by atoms with E-state index in [0.29, 0.717) is 18.0 Å². The molecule has 0 atom stereocenters. The number of sulfonamides is 1. The number of hydrogen-bond donors (Lipinski definition) is 0. The second kappa shape index (κ2) is 6.91. The van der Waals surface area contributed by atoms with Crippen molar-refractivity contribution >= 4 is 53.2 Å². The first kappa shape index (κ1) is 17.1. The Morgan fingerprint density at radius 2 is 1.90 bits per heavy atom. The van der Waals surface area contributed by atoms with Crippen LogP contribution in [0.15, 0.2) is 43.5 Å².